The summed E-state index contributed by atoms with van der Waals surface area (Å²) in [6.45, 7) is 1.07. The number of carbonyl (C=O) groups excluding carboxylic acids is 2. The van der Waals surface area contributed by atoms with Gasteiger partial charge in [-0.05, 0) is 24.6 Å². The van der Waals surface area contributed by atoms with Crippen molar-refractivity contribution in [3.63, 3.8) is 0 Å². The number of imide groups is 1. The molecular formula is C20H20N2O7S. The first-order chi connectivity index (χ1) is 14.3. The zero-order chi connectivity index (χ0) is 21.5. The average Bonchev–Trinajstić information content (AvgIpc) is 2.74. The molecule has 9 nitrogen and oxygen atoms in total. The molecule has 1 N–H and O–H groups in total. The van der Waals surface area contributed by atoms with Crippen LogP contribution in [-0.2, 0) is 19.6 Å². The number of carbonyl (C=O) groups is 3. The molecule has 2 aliphatic heterocycles. The van der Waals surface area contributed by atoms with E-state index in [2.05, 4.69) is 0 Å². The van der Waals surface area contributed by atoms with Gasteiger partial charge in [0.2, 0.25) is 10.0 Å². The van der Waals surface area contributed by atoms with Crippen LogP contribution in [-0.4, -0.2) is 73.4 Å². The normalized spacial score (nSPS) is 17.5. The van der Waals surface area contributed by atoms with E-state index in [0.29, 0.717) is 24.0 Å². The number of hydrogen-bond donors (Lipinski definition) is 1. The first kappa shape index (κ1) is 20.5. The van der Waals surface area contributed by atoms with E-state index in [0.717, 1.165) is 4.90 Å². The summed E-state index contributed by atoms with van der Waals surface area (Å²) < 4.78 is 33.0. The lowest BCUT2D eigenvalue weighted by Crippen LogP contribution is -2.42. The molecule has 0 aliphatic carbocycles. The lowest BCUT2D eigenvalue weighted by atomic mass is 9.94. The smallest absolute Gasteiger partial charge is 0.303 e. The van der Waals surface area contributed by atoms with Crippen molar-refractivity contribution in [2.45, 2.75) is 17.7 Å². The second kappa shape index (κ2) is 7.78. The molecule has 4 rings (SSSR count). The third-order valence-electron chi connectivity index (χ3n) is 5.31. The van der Waals surface area contributed by atoms with Gasteiger partial charge in [-0.3, -0.25) is 19.3 Å². The number of aliphatic carboxylic acids is 1. The van der Waals surface area contributed by atoms with Crippen LogP contribution in [0.3, 0.4) is 0 Å². The van der Waals surface area contributed by atoms with Crippen LogP contribution < -0.4 is 0 Å². The maximum Gasteiger partial charge on any atom is 0.303 e. The summed E-state index contributed by atoms with van der Waals surface area (Å²) in [6, 6.07) is 7.56. The number of sulfonamides is 1. The highest BCUT2D eigenvalue weighted by molar-refractivity contribution is 7.89. The number of nitrogens with zero attached hydrogens (tertiary/aromatic N) is 2. The lowest BCUT2D eigenvalue weighted by Gasteiger charge is -2.29. The number of benzene rings is 2. The van der Waals surface area contributed by atoms with Crippen LogP contribution >= 0.6 is 0 Å². The van der Waals surface area contributed by atoms with Gasteiger partial charge in [0, 0.05) is 48.0 Å². The van der Waals surface area contributed by atoms with Crippen molar-refractivity contribution in [1.29, 1.82) is 0 Å². The highest BCUT2D eigenvalue weighted by Crippen LogP contribution is 2.35. The fourth-order valence-electron chi connectivity index (χ4n) is 3.86. The zero-order valence-corrected chi connectivity index (χ0v) is 16.9. The van der Waals surface area contributed by atoms with Gasteiger partial charge in [0.05, 0.1) is 18.1 Å². The van der Waals surface area contributed by atoms with Crippen LogP contribution in [0.15, 0.2) is 35.2 Å². The number of rotatable bonds is 6. The minimum absolute atomic E-state index is 0.0202. The summed E-state index contributed by atoms with van der Waals surface area (Å²) in [5.74, 6) is -2.11. The van der Waals surface area contributed by atoms with E-state index in [1.165, 1.54) is 16.4 Å². The molecule has 0 aromatic heterocycles. The molecule has 0 bridgehead atoms. The molecule has 1 saturated heterocycles. The Morgan fingerprint density at radius 1 is 1.03 bits per heavy atom. The van der Waals surface area contributed by atoms with Crippen LogP contribution in [0.25, 0.3) is 10.8 Å². The highest BCUT2D eigenvalue weighted by Gasteiger charge is 2.35. The molecule has 2 aliphatic rings. The largest absolute Gasteiger partial charge is 0.481 e. The first-order valence-electron chi connectivity index (χ1n) is 9.54. The van der Waals surface area contributed by atoms with Crippen molar-refractivity contribution in [2.24, 2.45) is 0 Å². The first-order valence-corrected chi connectivity index (χ1v) is 11.0. The molecule has 0 radical (unpaired) electrons. The molecule has 30 heavy (non-hydrogen) atoms. The van der Waals surface area contributed by atoms with Gasteiger partial charge in [-0.1, -0.05) is 12.1 Å². The molecule has 10 heteroatoms. The van der Waals surface area contributed by atoms with Crippen LogP contribution in [0.1, 0.15) is 33.6 Å². The Bertz CT molecular complexity index is 1130. The number of ether oxygens (including phenoxy) is 1. The van der Waals surface area contributed by atoms with E-state index in [-0.39, 0.29) is 48.5 Å². The monoisotopic (exact) mass is 432 g/mol. The molecule has 0 spiro atoms. The summed E-state index contributed by atoms with van der Waals surface area (Å²) in [4.78, 5) is 37.7. The van der Waals surface area contributed by atoms with Crippen LogP contribution in [0.5, 0.6) is 0 Å². The Balaban J connectivity index is 1.78. The highest BCUT2D eigenvalue weighted by atomic mass is 32.2. The van der Waals surface area contributed by atoms with E-state index < -0.39 is 27.8 Å². The fourth-order valence-corrected chi connectivity index (χ4v) is 5.46. The van der Waals surface area contributed by atoms with Gasteiger partial charge in [0.1, 0.15) is 0 Å². The van der Waals surface area contributed by atoms with Crippen LogP contribution in [0.2, 0.25) is 0 Å². The molecule has 0 unspecified atom stereocenters. The van der Waals surface area contributed by atoms with Crippen LogP contribution in [0.4, 0.5) is 0 Å². The Morgan fingerprint density at radius 2 is 1.70 bits per heavy atom. The quantitative estimate of drug-likeness (QED) is 0.683. The maximum absolute atomic E-state index is 13.2. The fraction of sp³-hybridized carbons (Fsp3) is 0.350. The predicted molar refractivity (Wildman–Crippen MR) is 106 cm³/mol. The van der Waals surface area contributed by atoms with E-state index in [9.17, 15) is 22.8 Å². The molecular weight excluding hydrogens is 412 g/mol. The second-order valence-electron chi connectivity index (χ2n) is 7.12. The van der Waals surface area contributed by atoms with Crippen molar-refractivity contribution >= 4 is 38.6 Å². The minimum Gasteiger partial charge on any atom is -0.481 e. The topological polar surface area (TPSA) is 121 Å². The lowest BCUT2D eigenvalue weighted by molar-refractivity contribution is -0.137. The molecule has 1 fully saturated rings. The molecule has 0 saturated carbocycles. The molecule has 0 atom stereocenters. The van der Waals surface area contributed by atoms with Gasteiger partial charge in [0.15, 0.2) is 0 Å². The van der Waals surface area contributed by atoms with E-state index in [1.807, 2.05) is 0 Å². The average molecular weight is 432 g/mol. The summed E-state index contributed by atoms with van der Waals surface area (Å²) >= 11 is 0. The van der Waals surface area contributed by atoms with Gasteiger partial charge >= 0.3 is 5.97 Å². The van der Waals surface area contributed by atoms with Crippen molar-refractivity contribution in [2.75, 3.05) is 32.8 Å². The van der Waals surface area contributed by atoms with Crippen LogP contribution in [0, 0.1) is 0 Å². The Hall–Kier alpha value is -2.82. The molecule has 2 aromatic rings. The van der Waals surface area contributed by atoms with Gasteiger partial charge < -0.3 is 9.84 Å². The summed E-state index contributed by atoms with van der Waals surface area (Å²) in [6.07, 6.45) is -0.0214. The number of morpholine rings is 1. The van der Waals surface area contributed by atoms with Gasteiger partial charge in [0.25, 0.3) is 11.8 Å². The van der Waals surface area contributed by atoms with E-state index in [1.54, 1.807) is 18.2 Å². The zero-order valence-electron chi connectivity index (χ0n) is 16.0. The molecule has 158 valence electrons. The number of amides is 2. The molecule has 2 heterocycles. The Labute approximate surface area is 172 Å². The summed E-state index contributed by atoms with van der Waals surface area (Å²) in [5.41, 5.74) is 0.466. The number of carboxylic acids is 1. The molecule has 2 amide bonds. The van der Waals surface area contributed by atoms with Gasteiger partial charge in [-0.2, -0.15) is 4.31 Å². The maximum atomic E-state index is 13.2. The third-order valence-corrected chi connectivity index (χ3v) is 7.27. The van der Waals surface area contributed by atoms with Crippen molar-refractivity contribution in [1.82, 2.24) is 9.21 Å². The van der Waals surface area contributed by atoms with Gasteiger partial charge in [-0.25, -0.2) is 8.42 Å². The number of carboxylic acid groups (broad SMARTS) is 1. The standard InChI is InChI=1S/C20H20N2O7S/c23-17(24)5-2-8-22-19(25)14-4-1-3-13-16(7-6-15(18(13)14)20(22)26)30(27,28)21-9-11-29-12-10-21/h1,3-4,6-7H,2,5,8-12H2,(H,23,24). The minimum atomic E-state index is -3.83. The SMILES string of the molecule is O=C(O)CCCN1C(=O)c2cccc3c(S(=O)(=O)N4CCOCC4)ccc(c23)C1=O. The predicted octanol–water partition coefficient (Wildman–Crippen LogP) is 1.32. The Kier molecular flexibility index (Phi) is 5.31. The van der Waals surface area contributed by atoms with Crippen molar-refractivity contribution in [3.8, 4) is 0 Å². The third kappa shape index (κ3) is 3.36. The van der Waals surface area contributed by atoms with E-state index in [4.69, 9.17) is 9.84 Å². The Morgan fingerprint density at radius 3 is 2.37 bits per heavy atom. The van der Waals surface area contributed by atoms with E-state index >= 15 is 0 Å². The second-order valence-corrected chi connectivity index (χ2v) is 9.02. The summed E-state index contributed by atoms with van der Waals surface area (Å²) in [5, 5.41) is 9.45. The summed E-state index contributed by atoms with van der Waals surface area (Å²) in [7, 11) is -3.83. The van der Waals surface area contributed by atoms with Crippen molar-refractivity contribution < 1.29 is 32.6 Å². The van der Waals surface area contributed by atoms with Crippen molar-refractivity contribution in [3.05, 3.63) is 41.5 Å². The number of hydrogen-bond acceptors (Lipinski definition) is 6. The van der Waals surface area contributed by atoms with Gasteiger partial charge in [-0.15, -0.1) is 0 Å². The molecule has 2 aromatic carbocycles.